The first-order valence-electron chi connectivity index (χ1n) is 5.58. The molecule has 1 N–H and O–H groups in total. The van der Waals surface area contributed by atoms with Crippen molar-refractivity contribution in [2.24, 2.45) is 0 Å². The molecule has 0 bridgehead atoms. The van der Waals surface area contributed by atoms with Crippen LogP contribution in [0.4, 0.5) is 17.6 Å². The highest BCUT2D eigenvalue weighted by Crippen LogP contribution is 2.29. The van der Waals surface area contributed by atoms with Crippen LogP contribution in [0.3, 0.4) is 0 Å². The second-order valence-corrected chi connectivity index (χ2v) is 4.73. The van der Waals surface area contributed by atoms with E-state index in [-0.39, 0.29) is 21.8 Å². The molecule has 0 saturated heterocycles. The lowest BCUT2D eigenvalue weighted by Crippen LogP contribution is -1.91. The summed E-state index contributed by atoms with van der Waals surface area (Å²) in [6.07, 6.45) is 0. The van der Waals surface area contributed by atoms with Crippen LogP contribution in [-0.2, 0) is 0 Å². The summed E-state index contributed by atoms with van der Waals surface area (Å²) in [5.41, 5.74) is 0.502. The van der Waals surface area contributed by atoms with Crippen molar-refractivity contribution in [1.29, 1.82) is 0 Å². The molecule has 1 heterocycles. The monoisotopic (exact) mass is 299 g/mol. The third kappa shape index (κ3) is 2.04. The lowest BCUT2D eigenvalue weighted by molar-refractivity contribution is 0.447. The van der Waals surface area contributed by atoms with Gasteiger partial charge in [0.1, 0.15) is 5.82 Å². The van der Waals surface area contributed by atoms with Gasteiger partial charge >= 0.3 is 0 Å². The molecule has 6 heteroatoms. The normalized spacial score (nSPS) is 11.2. The molecule has 0 aliphatic carbocycles. The van der Waals surface area contributed by atoms with E-state index in [1.807, 2.05) is 0 Å². The van der Waals surface area contributed by atoms with Gasteiger partial charge in [0.05, 0.1) is 5.52 Å². The number of fused-ring (bicyclic) bond motifs is 1. The summed E-state index contributed by atoms with van der Waals surface area (Å²) in [5, 5.41) is 0.659. The van der Waals surface area contributed by atoms with Gasteiger partial charge in [-0.25, -0.2) is 17.6 Å². The Balaban J connectivity index is 2.22. The van der Waals surface area contributed by atoms with E-state index in [0.29, 0.717) is 5.39 Å². The van der Waals surface area contributed by atoms with Crippen LogP contribution in [0.25, 0.3) is 22.2 Å². The van der Waals surface area contributed by atoms with Crippen molar-refractivity contribution in [3.8, 4) is 11.3 Å². The standard InChI is InChI=1S/C14H6ClF4N/c15-8-1-7-4-12(20-14(7)11(18)5-8)6-2-9(16)13(19)10(17)3-6/h1-5,20H. The van der Waals surface area contributed by atoms with Crippen molar-refractivity contribution >= 4 is 22.5 Å². The Morgan fingerprint density at radius 1 is 0.800 bits per heavy atom. The number of hydrogen-bond acceptors (Lipinski definition) is 0. The molecule has 1 aromatic heterocycles. The highest BCUT2D eigenvalue weighted by Gasteiger charge is 2.14. The summed E-state index contributed by atoms with van der Waals surface area (Å²) >= 11 is 5.73. The fourth-order valence-corrected chi connectivity index (χ4v) is 2.25. The number of hydrogen-bond donors (Lipinski definition) is 1. The number of aromatic nitrogens is 1. The second-order valence-electron chi connectivity index (χ2n) is 4.29. The maximum absolute atomic E-state index is 13.7. The first-order chi connectivity index (χ1) is 9.45. The predicted octanol–water partition coefficient (Wildman–Crippen LogP) is 5.04. The Hall–Kier alpha value is -2.01. The van der Waals surface area contributed by atoms with Crippen LogP contribution in [0.15, 0.2) is 30.3 Å². The summed E-state index contributed by atoms with van der Waals surface area (Å²) in [6.45, 7) is 0. The van der Waals surface area contributed by atoms with Crippen molar-refractivity contribution in [1.82, 2.24) is 4.98 Å². The Morgan fingerprint density at radius 3 is 2.10 bits per heavy atom. The molecular formula is C14H6ClF4N. The van der Waals surface area contributed by atoms with Gasteiger partial charge in [-0.1, -0.05) is 11.6 Å². The zero-order valence-electron chi connectivity index (χ0n) is 9.78. The highest BCUT2D eigenvalue weighted by atomic mass is 35.5. The molecule has 1 nitrogen and oxygen atoms in total. The van der Waals surface area contributed by atoms with Crippen LogP contribution in [0, 0.1) is 23.3 Å². The molecule has 0 amide bonds. The Labute approximate surface area is 115 Å². The zero-order chi connectivity index (χ0) is 14.4. The SMILES string of the molecule is Fc1cc(-c2cc3cc(Cl)cc(F)c3[nH]2)cc(F)c1F. The van der Waals surface area contributed by atoms with Gasteiger partial charge in [0.2, 0.25) is 0 Å². The molecule has 0 saturated carbocycles. The van der Waals surface area contributed by atoms with E-state index in [4.69, 9.17) is 11.6 Å². The van der Waals surface area contributed by atoms with E-state index < -0.39 is 23.3 Å². The molecule has 0 aliphatic heterocycles. The van der Waals surface area contributed by atoms with Crippen molar-refractivity contribution < 1.29 is 17.6 Å². The maximum atomic E-state index is 13.7. The lowest BCUT2D eigenvalue weighted by atomic mass is 10.1. The van der Waals surface area contributed by atoms with E-state index in [2.05, 4.69) is 4.98 Å². The lowest BCUT2D eigenvalue weighted by Gasteiger charge is -2.00. The quantitative estimate of drug-likeness (QED) is 0.478. The minimum absolute atomic E-state index is 0.0770. The van der Waals surface area contributed by atoms with Crippen LogP contribution < -0.4 is 0 Å². The van der Waals surface area contributed by atoms with Crippen LogP contribution in [-0.4, -0.2) is 4.98 Å². The van der Waals surface area contributed by atoms with Gasteiger partial charge in [0.25, 0.3) is 0 Å². The summed E-state index contributed by atoms with van der Waals surface area (Å²) in [7, 11) is 0. The van der Waals surface area contributed by atoms with Gasteiger partial charge in [-0.3, -0.25) is 0 Å². The van der Waals surface area contributed by atoms with Crippen molar-refractivity contribution in [2.45, 2.75) is 0 Å². The third-order valence-electron chi connectivity index (χ3n) is 2.94. The summed E-state index contributed by atoms with van der Waals surface area (Å²) in [6, 6.07) is 5.79. The molecule has 0 spiro atoms. The minimum Gasteiger partial charge on any atom is -0.352 e. The van der Waals surface area contributed by atoms with Gasteiger partial charge in [0, 0.05) is 21.7 Å². The van der Waals surface area contributed by atoms with Gasteiger partial charge in [-0.05, 0) is 30.3 Å². The molecule has 3 rings (SSSR count). The highest BCUT2D eigenvalue weighted by molar-refractivity contribution is 6.31. The van der Waals surface area contributed by atoms with Gasteiger partial charge in [0.15, 0.2) is 17.5 Å². The number of nitrogens with one attached hydrogen (secondary N) is 1. The largest absolute Gasteiger partial charge is 0.352 e. The van der Waals surface area contributed by atoms with Crippen LogP contribution in [0.2, 0.25) is 5.02 Å². The van der Waals surface area contributed by atoms with E-state index >= 15 is 0 Å². The van der Waals surface area contributed by atoms with E-state index in [9.17, 15) is 17.6 Å². The fraction of sp³-hybridized carbons (Fsp3) is 0. The Kier molecular flexibility index (Phi) is 2.94. The second kappa shape index (κ2) is 4.52. The number of H-pyrrole nitrogens is 1. The molecule has 102 valence electrons. The minimum atomic E-state index is -1.54. The molecule has 0 aliphatic rings. The number of benzene rings is 2. The van der Waals surface area contributed by atoms with E-state index in [1.54, 1.807) is 0 Å². The third-order valence-corrected chi connectivity index (χ3v) is 3.16. The Morgan fingerprint density at radius 2 is 1.45 bits per heavy atom. The number of rotatable bonds is 1. The summed E-state index contributed by atoms with van der Waals surface area (Å²) in [4.78, 5) is 2.69. The van der Waals surface area contributed by atoms with E-state index in [0.717, 1.165) is 18.2 Å². The molecule has 20 heavy (non-hydrogen) atoms. The van der Waals surface area contributed by atoms with Gasteiger partial charge in [-0.15, -0.1) is 0 Å². The smallest absolute Gasteiger partial charge is 0.194 e. The maximum Gasteiger partial charge on any atom is 0.194 e. The fourth-order valence-electron chi connectivity index (χ4n) is 2.03. The molecule has 0 radical (unpaired) electrons. The first-order valence-corrected chi connectivity index (χ1v) is 5.96. The van der Waals surface area contributed by atoms with Crippen molar-refractivity contribution in [2.75, 3.05) is 0 Å². The summed E-state index contributed by atoms with van der Waals surface area (Å²) in [5.74, 6) is -4.74. The molecule has 0 fully saturated rings. The van der Waals surface area contributed by atoms with Crippen LogP contribution >= 0.6 is 11.6 Å². The van der Waals surface area contributed by atoms with Gasteiger partial charge in [-0.2, -0.15) is 0 Å². The average Bonchev–Trinajstić information content (AvgIpc) is 2.79. The summed E-state index contributed by atoms with van der Waals surface area (Å²) < 4.78 is 53.0. The molecule has 0 unspecified atom stereocenters. The van der Waals surface area contributed by atoms with Gasteiger partial charge < -0.3 is 4.98 Å². The molecule has 3 aromatic rings. The van der Waals surface area contributed by atoms with Crippen LogP contribution in [0.5, 0.6) is 0 Å². The average molecular weight is 300 g/mol. The topological polar surface area (TPSA) is 15.8 Å². The zero-order valence-corrected chi connectivity index (χ0v) is 10.5. The molecular weight excluding hydrogens is 294 g/mol. The van der Waals surface area contributed by atoms with E-state index in [1.165, 1.54) is 12.1 Å². The number of halogens is 5. The van der Waals surface area contributed by atoms with Crippen molar-refractivity contribution in [3.05, 3.63) is 58.6 Å². The molecule has 0 atom stereocenters. The predicted molar refractivity (Wildman–Crippen MR) is 68.6 cm³/mol. The van der Waals surface area contributed by atoms with Crippen LogP contribution in [0.1, 0.15) is 0 Å². The molecule has 2 aromatic carbocycles. The number of aromatic amines is 1. The Bertz CT molecular complexity index is 802. The van der Waals surface area contributed by atoms with Crippen molar-refractivity contribution in [3.63, 3.8) is 0 Å². The first kappa shape index (κ1) is 13.0.